The molecule has 0 N–H and O–H groups in total. The average Bonchev–Trinajstić information content (AvgIpc) is 3.55. The van der Waals surface area contributed by atoms with Crippen molar-refractivity contribution in [1.82, 2.24) is 14.8 Å². The number of rotatable bonds is 6. The van der Waals surface area contributed by atoms with E-state index in [-0.39, 0.29) is 11.4 Å². The van der Waals surface area contributed by atoms with Gasteiger partial charge in [0.05, 0.1) is 11.9 Å². The lowest BCUT2D eigenvalue weighted by atomic mass is 10.1. The van der Waals surface area contributed by atoms with Crippen LogP contribution in [0.25, 0.3) is 17.1 Å². The van der Waals surface area contributed by atoms with Crippen molar-refractivity contribution < 1.29 is 26.7 Å². The van der Waals surface area contributed by atoms with Crippen LogP contribution in [0.3, 0.4) is 0 Å². The molecule has 13 heteroatoms. The van der Waals surface area contributed by atoms with E-state index in [4.69, 9.17) is 0 Å². The van der Waals surface area contributed by atoms with Crippen molar-refractivity contribution in [2.75, 3.05) is 17.2 Å². The Labute approximate surface area is 217 Å². The second-order valence-corrected chi connectivity index (χ2v) is 8.94. The third kappa shape index (κ3) is 5.83. The number of nitrogens with zero attached hydrogens (tertiary/aromatic N) is 6. The predicted octanol–water partition coefficient (Wildman–Crippen LogP) is 6.05. The lowest BCUT2D eigenvalue weighted by molar-refractivity contribution is -0.274. The quantitative estimate of drug-likeness (QED) is 0.168. The van der Waals surface area contributed by atoms with Gasteiger partial charge in [0.2, 0.25) is 0 Å². The fourth-order valence-electron chi connectivity index (χ4n) is 3.62. The Balaban J connectivity index is 1.26. The molecule has 38 heavy (non-hydrogen) atoms. The van der Waals surface area contributed by atoms with Crippen molar-refractivity contribution in [1.29, 1.82) is 0 Å². The Morgan fingerprint density at radius 2 is 1.66 bits per heavy atom. The Hall–Kier alpha value is -4.26. The first kappa shape index (κ1) is 25.4. The molecule has 2 heterocycles. The molecule has 1 aliphatic heterocycles. The van der Waals surface area contributed by atoms with Gasteiger partial charge in [-0.25, -0.2) is 18.4 Å². The number of aromatic nitrogens is 3. The standard InChI is InChI=1S/C25H17F5N6OS/c26-20-2-1-3-21(27)22(20)35-12-13-38-24(35)33-32-14-16-4-6-17(7-5-16)23-31-15-36(34-23)18-8-10-19(11-9-18)37-25(28,29)30/h1-11,14-15H,12-13H2. The van der Waals surface area contributed by atoms with Crippen molar-refractivity contribution in [2.24, 2.45) is 10.2 Å². The number of benzene rings is 3. The van der Waals surface area contributed by atoms with E-state index in [2.05, 4.69) is 25.0 Å². The minimum atomic E-state index is -4.76. The number of hydrogen-bond donors (Lipinski definition) is 0. The summed E-state index contributed by atoms with van der Waals surface area (Å²) in [5.74, 6) is -0.620. The summed E-state index contributed by atoms with van der Waals surface area (Å²) >= 11 is 1.35. The molecule has 1 fully saturated rings. The third-order valence-corrected chi connectivity index (χ3v) is 6.28. The number of para-hydroxylation sites is 1. The summed E-state index contributed by atoms with van der Waals surface area (Å²) in [7, 11) is 0. The predicted molar refractivity (Wildman–Crippen MR) is 135 cm³/mol. The van der Waals surface area contributed by atoms with Gasteiger partial charge in [0.1, 0.15) is 29.4 Å². The molecular formula is C25H17F5N6OS. The van der Waals surface area contributed by atoms with Gasteiger partial charge in [-0.15, -0.1) is 23.4 Å². The van der Waals surface area contributed by atoms with Crippen LogP contribution in [-0.2, 0) is 0 Å². The van der Waals surface area contributed by atoms with Gasteiger partial charge in [-0.3, -0.25) is 0 Å². The van der Waals surface area contributed by atoms with E-state index in [0.717, 1.165) is 5.56 Å². The van der Waals surface area contributed by atoms with Gasteiger partial charge in [0, 0.05) is 17.9 Å². The second kappa shape index (κ2) is 10.6. The molecular weight excluding hydrogens is 527 g/mol. The van der Waals surface area contributed by atoms with E-state index in [1.54, 1.807) is 24.3 Å². The molecule has 3 aromatic carbocycles. The van der Waals surface area contributed by atoms with Crippen molar-refractivity contribution in [3.8, 4) is 22.8 Å². The van der Waals surface area contributed by atoms with Gasteiger partial charge >= 0.3 is 6.36 Å². The highest BCUT2D eigenvalue weighted by Crippen LogP contribution is 2.30. The first-order valence-corrected chi connectivity index (χ1v) is 12.1. The Bertz CT molecular complexity index is 1470. The molecule has 1 saturated heterocycles. The third-order valence-electron chi connectivity index (χ3n) is 5.33. The summed E-state index contributed by atoms with van der Waals surface area (Å²) in [5.41, 5.74) is 1.80. The highest BCUT2D eigenvalue weighted by atomic mass is 32.2. The lowest BCUT2D eigenvalue weighted by Gasteiger charge is -2.18. The number of halogens is 5. The van der Waals surface area contributed by atoms with E-state index >= 15 is 0 Å². The fourth-order valence-corrected chi connectivity index (χ4v) is 4.52. The average molecular weight is 545 g/mol. The summed E-state index contributed by atoms with van der Waals surface area (Å²) in [6, 6.07) is 16.1. The van der Waals surface area contributed by atoms with E-state index in [1.807, 2.05) is 0 Å². The van der Waals surface area contributed by atoms with Gasteiger partial charge in [-0.05, 0) is 42.0 Å². The van der Waals surface area contributed by atoms with Crippen LogP contribution in [0.1, 0.15) is 5.56 Å². The number of hydrogen-bond acceptors (Lipinski definition) is 6. The summed E-state index contributed by atoms with van der Waals surface area (Å²) in [6.07, 6.45) is -1.80. The highest BCUT2D eigenvalue weighted by molar-refractivity contribution is 8.14. The maximum atomic E-state index is 14.2. The van der Waals surface area contributed by atoms with E-state index in [1.165, 1.54) is 76.4 Å². The van der Waals surface area contributed by atoms with Crippen LogP contribution < -0.4 is 9.64 Å². The van der Waals surface area contributed by atoms with Crippen molar-refractivity contribution >= 4 is 28.8 Å². The number of thioether (sulfide) groups is 1. The Kier molecular flexibility index (Phi) is 7.09. The van der Waals surface area contributed by atoms with Crippen LogP contribution in [0.4, 0.5) is 27.6 Å². The number of anilines is 1. The molecule has 0 atom stereocenters. The number of amidine groups is 1. The van der Waals surface area contributed by atoms with Crippen LogP contribution in [0.2, 0.25) is 0 Å². The molecule has 194 valence electrons. The zero-order valence-corrected chi connectivity index (χ0v) is 20.1. The normalized spacial score (nSPS) is 15.1. The molecule has 0 unspecified atom stereocenters. The van der Waals surface area contributed by atoms with Gasteiger partial charge in [-0.1, -0.05) is 42.1 Å². The molecule has 0 aliphatic carbocycles. The molecule has 5 rings (SSSR count). The van der Waals surface area contributed by atoms with Gasteiger partial charge in [-0.2, -0.15) is 5.10 Å². The molecule has 1 aliphatic rings. The zero-order valence-electron chi connectivity index (χ0n) is 19.3. The van der Waals surface area contributed by atoms with Gasteiger partial charge in [0.15, 0.2) is 11.0 Å². The maximum Gasteiger partial charge on any atom is 0.573 e. The molecule has 1 aromatic heterocycles. The molecule has 4 aromatic rings. The first-order chi connectivity index (χ1) is 18.3. The topological polar surface area (TPSA) is 67.9 Å². The summed E-state index contributed by atoms with van der Waals surface area (Å²) < 4.78 is 70.7. The highest BCUT2D eigenvalue weighted by Gasteiger charge is 2.31. The van der Waals surface area contributed by atoms with Gasteiger partial charge < -0.3 is 9.64 Å². The summed E-state index contributed by atoms with van der Waals surface area (Å²) in [5, 5.41) is 13.0. The SMILES string of the molecule is Fc1cccc(F)c1N1CCSC1=NN=Cc1ccc(-c2ncn(-c3ccc(OC(F)(F)F)cc3)n2)cc1. The van der Waals surface area contributed by atoms with Crippen LogP contribution in [0.15, 0.2) is 83.3 Å². The Morgan fingerprint density at radius 1 is 0.947 bits per heavy atom. The van der Waals surface area contributed by atoms with Crippen molar-refractivity contribution in [3.63, 3.8) is 0 Å². The first-order valence-electron chi connectivity index (χ1n) is 11.1. The zero-order chi connectivity index (χ0) is 26.7. The van der Waals surface area contributed by atoms with Crippen LogP contribution in [0.5, 0.6) is 5.75 Å². The maximum absolute atomic E-state index is 14.2. The number of alkyl halides is 3. The van der Waals surface area contributed by atoms with E-state index < -0.39 is 18.0 Å². The lowest BCUT2D eigenvalue weighted by Crippen LogP contribution is -2.25. The molecule has 0 amide bonds. The molecule has 0 bridgehead atoms. The molecule has 0 saturated carbocycles. The largest absolute Gasteiger partial charge is 0.573 e. The van der Waals surface area contributed by atoms with Crippen molar-refractivity contribution in [2.45, 2.75) is 6.36 Å². The summed E-state index contributed by atoms with van der Waals surface area (Å²) in [4.78, 5) is 5.72. The Morgan fingerprint density at radius 3 is 2.34 bits per heavy atom. The van der Waals surface area contributed by atoms with Crippen LogP contribution in [0, 0.1) is 11.6 Å². The minimum absolute atomic E-state index is 0.145. The summed E-state index contributed by atoms with van der Waals surface area (Å²) in [6.45, 7) is 0.413. The minimum Gasteiger partial charge on any atom is -0.406 e. The smallest absolute Gasteiger partial charge is 0.406 e. The molecule has 0 radical (unpaired) electrons. The fraction of sp³-hybridized carbons (Fsp3) is 0.120. The molecule has 7 nitrogen and oxygen atoms in total. The van der Waals surface area contributed by atoms with Crippen molar-refractivity contribution in [3.05, 3.63) is 90.3 Å². The van der Waals surface area contributed by atoms with Crippen LogP contribution in [-0.4, -0.2) is 44.8 Å². The van der Waals surface area contributed by atoms with E-state index in [9.17, 15) is 22.0 Å². The van der Waals surface area contributed by atoms with Crippen LogP contribution >= 0.6 is 11.8 Å². The molecule has 0 spiro atoms. The van der Waals surface area contributed by atoms with Gasteiger partial charge in [0.25, 0.3) is 0 Å². The second-order valence-electron chi connectivity index (χ2n) is 7.87. The monoisotopic (exact) mass is 544 g/mol. The van der Waals surface area contributed by atoms with E-state index in [0.29, 0.717) is 34.5 Å². The number of ether oxygens (including phenoxy) is 1.